The van der Waals surface area contributed by atoms with Crippen LogP contribution in [-0.2, 0) is 11.8 Å². The van der Waals surface area contributed by atoms with Crippen LogP contribution in [0, 0.1) is 0 Å². The average molecular weight is 367 g/mol. The third-order valence-corrected chi connectivity index (χ3v) is 5.20. The second-order valence-electron chi connectivity index (χ2n) is 6.89. The molecule has 0 aliphatic heterocycles. The maximum Gasteiger partial charge on any atom is 0.0178 e. The number of hydrogen-bond donors (Lipinski definition) is 0. The maximum absolute atomic E-state index is 3.53. The van der Waals surface area contributed by atoms with E-state index in [2.05, 4.69) is 96.5 Å². The molecule has 1 aliphatic rings. The van der Waals surface area contributed by atoms with E-state index < -0.39 is 0 Å². The van der Waals surface area contributed by atoms with Gasteiger partial charge in [-0.25, -0.2) is 0 Å². The molecule has 3 aromatic carbocycles. The molecular formula is C22H23Br. The highest BCUT2D eigenvalue weighted by Crippen LogP contribution is 2.37. The molecule has 0 spiro atoms. The van der Waals surface area contributed by atoms with Crippen LogP contribution in [0.1, 0.15) is 37.8 Å². The second-order valence-corrected chi connectivity index (χ2v) is 7.80. The van der Waals surface area contributed by atoms with Crippen LogP contribution in [0.4, 0.5) is 0 Å². The number of aryl methyl sites for hydroxylation is 1. The summed E-state index contributed by atoms with van der Waals surface area (Å²) in [5.74, 6) is 0. The molecule has 0 N–H and O–H groups in total. The van der Waals surface area contributed by atoms with Crippen molar-refractivity contribution < 1.29 is 0 Å². The van der Waals surface area contributed by atoms with Crippen molar-refractivity contribution in [3.63, 3.8) is 0 Å². The van der Waals surface area contributed by atoms with Gasteiger partial charge in [0, 0.05) is 4.47 Å². The Morgan fingerprint density at radius 2 is 1.39 bits per heavy atom. The lowest BCUT2D eigenvalue weighted by atomic mass is 9.73. The van der Waals surface area contributed by atoms with Crippen LogP contribution in [0.3, 0.4) is 0 Å². The molecule has 1 aliphatic carbocycles. The van der Waals surface area contributed by atoms with Gasteiger partial charge in [0.1, 0.15) is 0 Å². The minimum Gasteiger partial charge on any atom is -0.0616 e. The van der Waals surface area contributed by atoms with E-state index in [4.69, 9.17) is 0 Å². The molecule has 0 bridgehead atoms. The molecule has 4 rings (SSSR count). The molecule has 0 saturated carbocycles. The summed E-state index contributed by atoms with van der Waals surface area (Å²) in [6, 6.07) is 23.4. The third-order valence-electron chi connectivity index (χ3n) is 4.70. The summed E-state index contributed by atoms with van der Waals surface area (Å²) in [5.41, 5.74) is 3.46. The Labute approximate surface area is 147 Å². The van der Waals surface area contributed by atoms with Gasteiger partial charge in [-0.3, -0.25) is 0 Å². The van der Waals surface area contributed by atoms with E-state index in [-0.39, 0.29) is 0 Å². The van der Waals surface area contributed by atoms with Gasteiger partial charge in [-0.05, 0) is 58.7 Å². The Balaban J connectivity index is 0.000000140. The summed E-state index contributed by atoms with van der Waals surface area (Å²) in [7, 11) is 0. The molecule has 0 fully saturated rings. The van der Waals surface area contributed by atoms with Gasteiger partial charge >= 0.3 is 0 Å². The van der Waals surface area contributed by atoms with Gasteiger partial charge in [-0.1, -0.05) is 84.4 Å². The minimum absolute atomic E-state index is 0.383. The number of rotatable bonds is 0. The van der Waals surface area contributed by atoms with Gasteiger partial charge < -0.3 is 0 Å². The van der Waals surface area contributed by atoms with Crippen LogP contribution >= 0.6 is 15.9 Å². The molecular weight excluding hydrogens is 344 g/mol. The predicted molar refractivity (Wildman–Crippen MR) is 104 cm³/mol. The molecule has 3 aromatic rings. The highest BCUT2D eigenvalue weighted by molar-refractivity contribution is 9.10. The molecule has 0 radical (unpaired) electrons. The first kappa shape index (κ1) is 16.3. The van der Waals surface area contributed by atoms with Crippen LogP contribution in [0.25, 0.3) is 10.8 Å². The van der Waals surface area contributed by atoms with Crippen LogP contribution in [0.2, 0.25) is 0 Å². The van der Waals surface area contributed by atoms with E-state index in [9.17, 15) is 0 Å². The van der Waals surface area contributed by atoms with Crippen molar-refractivity contribution in [1.82, 2.24) is 0 Å². The lowest BCUT2D eigenvalue weighted by molar-refractivity contribution is 0.432. The molecule has 1 heteroatoms. The quantitative estimate of drug-likeness (QED) is 0.405. The van der Waals surface area contributed by atoms with Crippen molar-refractivity contribution in [2.75, 3.05) is 0 Å². The number of hydrogen-bond acceptors (Lipinski definition) is 0. The summed E-state index contributed by atoms with van der Waals surface area (Å²) >= 11 is 3.53. The lowest BCUT2D eigenvalue weighted by Gasteiger charge is -2.32. The van der Waals surface area contributed by atoms with Crippen molar-refractivity contribution in [2.45, 2.75) is 38.5 Å². The van der Waals surface area contributed by atoms with Crippen molar-refractivity contribution in [3.05, 3.63) is 82.3 Å². The molecule has 0 amide bonds. The van der Waals surface area contributed by atoms with Crippen LogP contribution in [-0.4, -0.2) is 0 Å². The largest absolute Gasteiger partial charge is 0.0616 e. The summed E-state index contributed by atoms with van der Waals surface area (Å²) in [6.07, 6.45) is 3.90. The molecule has 0 aromatic heterocycles. The molecule has 0 atom stereocenters. The fraction of sp³-hybridized carbons (Fsp3) is 0.273. The first-order valence-corrected chi connectivity index (χ1v) is 9.08. The van der Waals surface area contributed by atoms with E-state index in [0.717, 1.165) is 0 Å². The monoisotopic (exact) mass is 366 g/mol. The van der Waals surface area contributed by atoms with Gasteiger partial charge in [0.25, 0.3) is 0 Å². The fourth-order valence-corrected chi connectivity index (χ4v) is 3.83. The van der Waals surface area contributed by atoms with Crippen molar-refractivity contribution in [3.8, 4) is 0 Å². The molecule has 0 saturated heterocycles. The normalized spacial score (nSPS) is 15.4. The van der Waals surface area contributed by atoms with E-state index in [1.54, 1.807) is 5.56 Å². The first-order valence-electron chi connectivity index (χ1n) is 8.29. The first-order chi connectivity index (χ1) is 11.1. The predicted octanol–water partition coefficient (Wildman–Crippen LogP) is 6.90. The van der Waals surface area contributed by atoms with Gasteiger partial charge in [0.2, 0.25) is 0 Å². The van der Waals surface area contributed by atoms with Crippen LogP contribution < -0.4 is 0 Å². The van der Waals surface area contributed by atoms with Crippen molar-refractivity contribution in [2.24, 2.45) is 0 Å². The second kappa shape index (κ2) is 6.88. The van der Waals surface area contributed by atoms with Crippen LogP contribution in [0.5, 0.6) is 0 Å². The zero-order valence-electron chi connectivity index (χ0n) is 13.9. The van der Waals surface area contributed by atoms with E-state index in [0.29, 0.717) is 5.41 Å². The maximum atomic E-state index is 3.53. The molecule has 0 nitrogen and oxygen atoms in total. The fourth-order valence-electron chi connectivity index (χ4n) is 3.42. The molecule has 0 unspecified atom stereocenters. The smallest absolute Gasteiger partial charge is 0.0178 e. The van der Waals surface area contributed by atoms with Crippen molar-refractivity contribution in [1.29, 1.82) is 0 Å². The molecule has 118 valence electrons. The Bertz CT molecular complexity index is 736. The SMILES string of the molecule is CC1(C)CCCc2cc(Br)ccc21.c1ccc2ccccc2c1. The number of benzene rings is 3. The van der Waals surface area contributed by atoms with Gasteiger partial charge in [0.05, 0.1) is 0 Å². The summed E-state index contributed by atoms with van der Waals surface area (Å²) in [4.78, 5) is 0. The minimum atomic E-state index is 0.383. The zero-order chi connectivity index (χ0) is 16.3. The van der Waals surface area contributed by atoms with E-state index >= 15 is 0 Å². The molecule has 0 heterocycles. The van der Waals surface area contributed by atoms with Gasteiger partial charge in [-0.15, -0.1) is 0 Å². The Morgan fingerprint density at radius 3 is 1.96 bits per heavy atom. The topological polar surface area (TPSA) is 0 Å². The summed E-state index contributed by atoms with van der Waals surface area (Å²) < 4.78 is 1.21. The Morgan fingerprint density at radius 1 is 0.826 bits per heavy atom. The third kappa shape index (κ3) is 3.84. The summed E-state index contributed by atoms with van der Waals surface area (Å²) in [5, 5.41) is 2.62. The Hall–Kier alpha value is -1.60. The Kier molecular flexibility index (Phi) is 4.87. The van der Waals surface area contributed by atoms with Gasteiger partial charge in [0.15, 0.2) is 0 Å². The van der Waals surface area contributed by atoms with E-state index in [1.807, 2.05) is 0 Å². The van der Waals surface area contributed by atoms with Crippen molar-refractivity contribution >= 4 is 26.7 Å². The van der Waals surface area contributed by atoms with Gasteiger partial charge in [-0.2, -0.15) is 0 Å². The summed E-state index contributed by atoms with van der Waals surface area (Å²) in [6.45, 7) is 4.69. The number of fused-ring (bicyclic) bond motifs is 2. The highest BCUT2D eigenvalue weighted by atomic mass is 79.9. The number of halogens is 1. The lowest BCUT2D eigenvalue weighted by Crippen LogP contribution is -2.23. The highest BCUT2D eigenvalue weighted by Gasteiger charge is 2.26. The standard InChI is InChI=1S/C12H15Br.C10H8/c1-12(2)7-3-4-9-8-10(13)5-6-11(9)12;1-2-6-10-8-4-3-7-9(10)5-1/h5-6,8H,3-4,7H2,1-2H3;1-8H. The van der Waals surface area contributed by atoms with E-state index in [1.165, 1.54) is 40.1 Å². The van der Waals surface area contributed by atoms with Crippen LogP contribution in [0.15, 0.2) is 71.2 Å². The zero-order valence-corrected chi connectivity index (χ0v) is 15.4. The molecule has 23 heavy (non-hydrogen) atoms. The average Bonchev–Trinajstić information content (AvgIpc) is 2.55.